The molecule has 0 aliphatic rings. The lowest BCUT2D eigenvalue weighted by Gasteiger charge is -2.29. The highest BCUT2D eigenvalue weighted by Gasteiger charge is 2.30. The summed E-state index contributed by atoms with van der Waals surface area (Å²) in [6.45, 7) is 8.11. The average molecular weight is 812 g/mol. The van der Waals surface area contributed by atoms with E-state index in [4.69, 9.17) is 9.84 Å². The Hall–Kier alpha value is -5.76. The predicted octanol–water partition coefficient (Wildman–Crippen LogP) is -1.97. The van der Waals surface area contributed by atoms with Crippen molar-refractivity contribution in [1.82, 2.24) is 46.2 Å². The van der Waals surface area contributed by atoms with Crippen LogP contribution in [-0.4, -0.2) is 176 Å². The van der Waals surface area contributed by atoms with Crippen LogP contribution >= 0.6 is 0 Å². The molecule has 6 N–H and O–H groups in total. The fourth-order valence-electron chi connectivity index (χ4n) is 4.91. The van der Waals surface area contributed by atoms with Crippen molar-refractivity contribution in [1.29, 1.82) is 0 Å². The van der Waals surface area contributed by atoms with E-state index >= 15 is 0 Å². The summed E-state index contributed by atoms with van der Waals surface area (Å²) in [5, 5.41) is 20.8. The molecule has 0 spiro atoms. The number of hydrogen-bond donors (Lipinski definition) is 6. The van der Waals surface area contributed by atoms with Gasteiger partial charge in [0.05, 0.1) is 26.2 Å². The van der Waals surface area contributed by atoms with Crippen molar-refractivity contribution < 1.29 is 57.8 Å². The molecule has 9 amide bonds. The first kappa shape index (κ1) is 51.2. The third-order valence-corrected chi connectivity index (χ3v) is 8.46. The van der Waals surface area contributed by atoms with Crippen molar-refractivity contribution in [2.24, 2.45) is 5.92 Å². The summed E-state index contributed by atoms with van der Waals surface area (Å²) in [6, 6.07) is -2.98. The lowest BCUT2D eigenvalue weighted by atomic mass is 10.0. The summed E-state index contributed by atoms with van der Waals surface area (Å²) in [7, 11) is 5.50. The van der Waals surface area contributed by atoms with Crippen molar-refractivity contribution in [3.63, 3.8) is 0 Å². The van der Waals surface area contributed by atoms with E-state index in [1.165, 1.54) is 53.0 Å². The summed E-state index contributed by atoms with van der Waals surface area (Å²) in [6.07, 6.45) is 2.84. The van der Waals surface area contributed by atoms with Crippen LogP contribution in [0.3, 0.4) is 0 Å². The largest absolute Gasteiger partial charge is 0.480 e. The van der Waals surface area contributed by atoms with Gasteiger partial charge in [-0.2, -0.15) is 0 Å². The average Bonchev–Trinajstić information content (AvgIpc) is 3.15. The molecule has 0 saturated carbocycles. The first-order valence-electron chi connectivity index (χ1n) is 18.5. The van der Waals surface area contributed by atoms with E-state index in [0.717, 1.165) is 14.7 Å². The van der Waals surface area contributed by atoms with Gasteiger partial charge < -0.3 is 56.0 Å². The topological polar surface area (TPSA) is 273 Å². The summed E-state index contributed by atoms with van der Waals surface area (Å²) < 4.78 is 4.72. The van der Waals surface area contributed by atoms with E-state index in [1.807, 2.05) is 13.8 Å². The van der Waals surface area contributed by atoms with Crippen LogP contribution in [-0.2, 0) is 47.9 Å². The van der Waals surface area contributed by atoms with E-state index < -0.39 is 97.7 Å². The molecule has 0 aliphatic carbocycles. The van der Waals surface area contributed by atoms with E-state index in [2.05, 4.69) is 33.2 Å². The molecule has 0 aliphatic heterocycles. The number of alkyl carbamates (subject to hydrolysis) is 1. The molecular weight excluding hydrogens is 750 g/mol. The maximum absolute atomic E-state index is 13.2. The number of rotatable bonds is 26. The maximum atomic E-state index is 13.2. The summed E-state index contributed by atoms with van der Waals surface area (Å²) in [5.74, 6) is -5.69. The van der Waals surface area contributed by atoms with Crippen LogP contribution in [0.1, 0.15) is 59.8 Å². The smallest absolute Gasteiger partial charge is 0.407 e. The number of ether oxygens (including phenoxy) is 1. The Kier molecular flexibility index (Phi) is 24.2. The maximum Gasteiger partial charge on any atom is 0.407 e. The number of hydrogen-bond acceptors (Lipinski definition) is 11. The fraction of sp³-hybridized carbons (Fsp3) is 0.667. The van der Waals surface area contributed by atoms with Crippen LogP contribution in [0.5, 0.6) is 0 Å². The number of aliphatic carboxylic acids is 1. The highest BCUT2D eigenvalue weighted by atomic mass is 16.5. The van der Waals surface area contributed by atoms with Gasteiger partial charge in [-0.3, -0.25) is 43.2 Å². The van der Waals surface area contributed by atoms with Crippen molar-refractivity contribution in [3.05, 3.63) is 12.7 Å². The second-order valence-electron chi connectivity index (χ2n) is 13.8. The molecule has 0 bridgehead atoms. The zero-order valence-electron chi connectivity index (χ0n) is 34.3. The summed E-state index contributed by atoms with van der Waals surface area (Å²) in [5.41, 5.74) is 0. The Labute approximate surface area is 333 Å². The van der Waals surface area contributed by atoms with Gasteiger partial charge in [0.15, 0.2) is 0 Å². The van der Waals surface area contributed by atoms with E-state index in [0.29, 0.717) is 32.2 Å². The molecule has 0 fully saturated rings. The summed E-state index contributed by atoms with van der Waals surface area (Å²) >= 11 is 0. The number of carboxylic acids is 1. The molecule has 0 aromatic carbocycles. The predicted molar refractivity (Wildman–Crippen MR) is 206 cm³/mol. The second-order valence-corrected chi connectivity index (χ2v) is 13.8. The molecule has 0 radical (unpaired) electrons. The van der Waals surface area contributed by atoms with Crippen LogP contribution in [0.25, 0.3) is 0 Å². The standard InChI is InChI=1S/C36H61N9O12/c1-10-16-57-36(56)40-18-27(46)37-15-13-11-12-14-29(48)45(9)26(17-23(2)3)34(54)38-19-30(49)43(7)22-31(50)42(6)21-28(47)41-24(4)35(55)44(8)25(5)33(53)39-20-32(51)52/h10,23-26H,1,11-22H2,2-9H3,(H,37,46)(H,38,54)(H,39,53)(H,40,56)(H,41,47)(H,51,52). The Bertz CT molecular complexity index is 1440. The molecule has 3 atom stereocenters. The molecule has 0 heterocycles. The quantitative estimate of drug-likeness (QED) is 0.0411. The third kappa shape index (κ3) is 21.2. The monoisotopic (exact) mass is 811 g/mol. The minimum atomic E-state index is -1.25. The van der Waals surface area contributed by atoms with Gasteiger partial charge in [0.1, 0.15) is 31.3 Å². The molecule has 21 nitrogen and oxygen atoms in total. The van der Waals surface area contributed by atoms with Gasteiger partial charge >= 0.3 is 12.1 Å². The van der Waals surface area contributed by atoms with Gasteiger partial charge in [-0.05, 0) is 39.0 Å². The van der Waals surface area contributed by atoms with Crippen LogP contribution in [0.4, 0.5) is 4.79 Å². The molecule has 21 heteroatoms. The number of carbonyl (C=O) groups excluding carboxylic acids is 9. The van der Waals surface area contributed by atoms with E-state index in [1.54, 1.807) is 0 Å². The zero-order chi connectivity index (χ0) is 43.8. The number of carbonyl (C=O) groups is 10. The molecule has 57 heavy (non-hydrogen) atoms. The lowest BCUT2D eigenvalue weighted by molar-refractivity contribution is -0.143. The number of nitrogens with zero attached hydrogens (tertiary/aromatic N) is 4. The number of unbranched alkanes of at least 4 members (excludes halogenated alkanes) is 2. The molecular formula is C36H61N9O12. The van der Waals surface area contributed by atoms with Crippen molar-refractivity contribution in [2.45, 2.75) is 77.9 Å². The third-order valence-electron chi connectivity index (χ3n) is 8.46. The van der Waals surface area contributed by atoms with Crippen LogP contribution in [0.2, 0.25) is 0 Å². The highest BCUT2D eigenvalue weighted by molar-refractivity contribution is 5.94. The molecule has 0 aromatic heterocycles. The van der Waals surface area contributed by atoms with Gasteiger partial charge in [-0.1, -0.05) is 32.9 Å². The van der Waals surface area contributed by atoms with Gasteiger partial charge in [-0.15, -0.1) is 0 Å². The van der Waals surface area contributed by atoms with E-state index in [9.17, 15) is 47.9 Å². The number of amides is 9. The molecule has 0 saturated heterocycles. The minimum absolute atomic E-state index is 0.0250. The molecule has 322 valence electrons. The number of carboxylic acid groups (broad SMARTS) is 1. The summed E-state index contributed by atoms with van der Waals surface area (Å²) in [4.78, 5) is 128. The number of likely N-dealkylation sites (N-methyl/N-ethyl adjacent to an activating group) is 4. The SMILES string of the molecule is C=CCOC(=O)NCC(=O)NCCCCCC(=O)N(C)C(CC(C)C)C(=O)NCC(=O)N(C)CC(=O)N(C)CC(=O)NC(C)C(=O)N(C)C(C)C(=O)NCC(=O)O. The normalized spacial score (nSPS) is 12.1. The van der Waals surface area contributed by atoms with Gasteiger partial charge in [0.25, 0.3) is 0 Å². The van der Waals surface area contributed by atoms with Crippen LogP contribution in [0.15, 0.2) is 12.7 Å². The van der Waals surface area contributed by atoms with Crippen molar-refractivity contribution in [3.8, 4) is 0 Å². The van der Waals surface area contributed by atoms with Crippen molar-refractivity contribution >= 4 is 59.3 Å². The lowest BCUT2D eigenvalue weighted by Crippen LogP contribution is -2.54. The van der Waals surface area contributed by atoms with Crippen LogP contribution in [0, 0.1) is 5.92 Å². The molecule has 0 aromatic rings. The highest BCUT2D eigenvalue weighted by Crippen LogP contribution is 2.13. The molecule has 3 unspecified atom stereocenters. The van der Waals surface area contributed by atoms with Gasteiger partial charge in [0, 0.05) is 41.2 Å². The van der Waals surface area contributed by atoms with Crippen LogP contribution < -0.4 is 26.6 Å². The Morgan fingerprint density at radius 3 is 1.89 bits per heavy atom. The zero-order valence-corrected chi connectivity index (χ0v) is 34.3. The Balaban J connectivity index is 4.85. The second kappa shape index (κ2) is 26.9. The molecule has 0 rings (SSSR count). The van der Waals surface area contributed by atoms with Crippen molar-refractivity contribution in [2.75, 3.05) is 74.1 Å². The first-order valence-corrected chi connectivity index (χ1v) is 18.5. The Morgan fingerprint density at radius 1 is 0.684 bits per heavy atom. The number of nitrogens with one attached hydrogen (secondary N) is 5. The fourth-order valence-corrected chi connectivity index (χ4v) is 4.91. The minimum Gasteiger partial charge on any atom is -0.480 e. The first-order chi connectivity index (χ1) is 26.6. The Morgan fingerprint density at radius 2 is 1.30 bits per heavy atom. The van der Waals surface area contributed by atoms with Gasteiger partial charge in [0.2, 0.25) is 47.3 Å². The van der Waals surface area contributed by atoms with E-state index in [-0.39, 0.29) is 31.4 Å². The van der Waals surface area contributed by atoms with Gasteiger partial charge in [-0.25, -0.2) is 4.79 Å².